The van der Waals surface area contributed by atoms with Gasteiger partial charge in [0.15, 0.2) is 0 Å². The van der Waals surface area contributed by atoms with Gasteiger partial charge in [-0.25, -0.2) is 0 Å². The quantitative estimate of drug-likeness (QED) is 0.877. The molecule has 0 aromatic heterocycles. The van der Waals surface area contributed by atoms with E-state index in [-0.39, 0.29) is 12.0 Å². The molecule has 126 valence electrons. The molecule has 1 aliphatic carbocycles. The summed E-state index contributed by atoms with van der Waals surface area (Å²) in [5.74, 6) is 0.463. The number of nitrogens with zero attached hydrogens (tertiary/aromatic N) is 1. The monoisotopic (exact) mass is 316 g/mol. The van der Waals surface area contributed by atoms with Gasteiger partial charge in [-0.3, -0.25) is 9.69 Å². The van der Waals surface area contributed by atoms with Gasteiger partial charge in [-0.15, -0.1) is 0 Å². The molecular formula is C19H28N2O2. The van der Waals surface area contributed by atoms with E-state index in [9.17, 15) is 9.90 Å². The van der Waals surface area contributed by atoms with Crippen LogP contribution in [0.25, 0.3) is 0 Å². The summed E-state index contributed by atoms with van der Waals surface area (Å²) in [7, 11) is 0. The SMILES string of the molecule is O=C(CN1CCC(C(O)c2ccccc2)CC1)NC1CCCC1. The van der Waals surface area contributed by atoms with Crippen LogP contribution in [0.4, 0.5) is 0 Å². The van der Waals surface area contributed by atoms with Crippen LogP contribution in [0.15, 0.2) is 30.3 Å². The molecule has 23 heavy (non-hydrogen) atoms. The standard InChI is InChI=1S/C19H28N2O2/c22-18(20-17-8-4-5-9-17)14-21-12-10-16(11-13-21)19(23)15-6-2-1-3-7-15/h1-3,6-7,16-17,19,23H,4-5,8-14H2,(H,20,22). The molecule has 0 radical (unpaired) electrons. The molecule has 1 aromatic rings. The number of likely N-dealkylation sites (tertiary alicyclic amines) is 1. The Hall–Kier alpha value is -1.39. The van der Waals surface area contributed by atoms with Crippen LogP contribution in [-0.2, 0) is 4.79 Å². The number of aliphatic hydroxyl groups excluding tert-OH is 1. The van der Waals surface area contributed by atoms with Crippen LogP contribution in [-0.4, -0.2) is 41.6 Å². The van der Waals surface area contributed by atoms with Gasteiger partial charge in [-0.05, 0) is 50.3 Å². The van der Waals surface area contributed by atoms with E-state index in [0.717, 1.165) is 44.3 Å². The Kier molecular flexibility index (Phi) is 5.68. The van der Waals surface area contributed by atoms with Crippen molar-refractivity contribution >= 4 is 5.91 Å². The normalized spacial score (nSPS) is 22.1. The summed E-state index contributed by atoms with van der Waals surface area (Å²) >= 11 is 0. The number of piperidine rings is 1. The minimum Gasteiger partial charge on any atom is -0.388 e. The molecule has 1 atom stereocenters. The molecule has 4 heteroatoms. The van der Waals surface area contributed by atoms with E-state index in [0.29, 0.717) is 18.5 Å². The number of nitrogens with one attached hydrogen (secondary N) is 1. The molecule has 1 saturated heterocycles. The number of benzene rings is 1. The third kappa shape index (κ3) is 4.55. The van der Waals surface area contributed by atoms with E-state index < -0.39 is 0 Å². The number of hydrogen-bond acceptors (Lipinski definition) is 3. The topological polar surface area (TPSA) is 52.6 Å². The number of carbonyl (C=O) groups excluding carboxylic acids is 1. The molecular weight excluding hydrogens is 288 g/mol. The third-order valence-corrected chi connectivity index (χ3v) is 5.31. The van der Waals surface area contributed by atoms with E-state index in [2.05, 4.69) is 10.2 Å². The fourth-order valence-electron chi connectivity index (χ4n) is 3.90. The van der Waals surface area contributed by atoms with E-state index in [4.69, 9.17) is 0 Å². The maximum atomic E-state index is 12.1. The molecule has 0 bridgehead atoms. The Morgan fingerprint density at radius 1 is 1.13 bits per heavy atom. The second-order valence-electron chi connectivity index (χ2n) is 7.02. The molecule has 1 amide bonds. The van der Waals surface area contributed by atoms with Gasteiger partial charge in [0.1, 0.15) is 0 Å². The molecule has 1 heterocycles. The van der Waals surface area contributed by atoms with Crippen LogP contribution < -0.4 is 5.32 Å². The maximum Gasteiger partial charge on any atom is 0.234 e. The van der Waals surface area contributed by atoms with Gasteiger partial charge in [0.05, 0.1) is 12.6 Å². The third-order valence-electron chi connectivity index (χ3n) is 5.31. The number of carbonyl (C=O) groups is 1. The van der Waals surface area contributed by atoms with E-state index in [1.54, 1.807) is 0 Å². The van der Waals surface area contributed by atoms with Gasteiger partial charge < -0.3 is 10.4 Å². The van der Waals surface area contributed by atoms with E-state index in [1.807, 2.05) is 30.3 Å². The van der Waals surface area contributed by atoms with Crippen LogP contribution in [0.2, 0.25) is 0 Å². The van der Waals surface area contributed by atoms with Gasteiger partial charge in [0, 0.05) is 6.04 Å². The Morgan fingerprint density at radius 2 is 1.78 bits per heavy atom. The number of amides is 1. The molecule has 0 spiro atoms. The average molecular weight is 316 g/mol. The predicted molar refractivity (Wildman–Crippen MR) is 91.0 cm³/mol. The van der Waals surface area contributed by atoms with Crippen LogP contribution in [0, 0.1) is 5.92 Å². The predicted octanol–water partition coefficient (Wildman–Crippen LogP) is 2.49. The zero-order valence-corrected chi connectivity index (χ0v) is 13.8. The van der Waals surface area contributed by atoms with Crippen molar-refractivity contribution in [3.8, 4) is 0 Å². The van der Waals surface area contributed by atoms with Gasteiger partial charge in [0.2, 0.25) is 5.91 Å². The van der Waals surface area contributed by atoms with E-state index in [1.165, 1.54) is 12.8 Å². The summed E-state index contributed by atoms with van der Waals surface area (Å²) in [5.41, 5.74) is 1.00. The Bertz CT molecular complexity index is 491. The zero-order chi connectivity index (χ0) is 16.1. The van der Waals surface area contributed by atoms with Crippen molar-refractivity contribution in [2.75, 3.05) is 19.6 Å². The van der Waals surface area contributed by atoms with Crippen molar-refractivity contribution in [1.29, 1.82) is 0 Å². The number of hydrogen-bond donors (Lipinski definition) is 2. The van der Waals surface area contributed by atoms with Crippen molar-refractivity contribution in [2.45, 2.75) is 50.7 Å². The second-order valence-corrected chi connectivity index (χ2v) is 7.02. The molecule has 1 aliphatic heterocycles. The molecule has 1 aromatic carbocycles. The summed E-state index contributed by atoms with van der Waals surface area (Å²) in [5, 5.41) is 13.7. The summed E-state index contributed by atoms with van der Waals surface area (Å²) in [4.78, 5) is 14.3. The smallest absolute Gasteiger partial charge is 0.234 e. The largest absolute Gasteiger partial charge is 0.388 e. The lowest BCUT2D eigenvalue weighted by molar-refractivity contribution is -0.123. The lowest BCUT2D eigenvalue weighted by Crippen LogP contribution is -2.44. The molecule has 2 aliphatic rings. The number of aliphatic hydroxyl groups is 1. The second kappa shape index (κ2) is 7.93. The van der Waals surface area contributed by atoms with Crippen molar-refractivity contribution in [3.63, 3.8) is 0 Å². The minimum absolute atomic E-state index is 0.166. The van der Waals surface area contributed by atoms with E-state index >= 15 is 0 Å². The highest BCUT2D eigenvalue weighted by Gasteiger charge is 2.27. The van der Waals surface area contributed by atoms with Gasteiger partial charge in [0.25, 0.3) is 0 Å². The first kappa shape index (κ1) is 16.5. The van der Waals surface area contributed by atoms with Crippen LogP contribution in [0.5, 0.6) is 0 Å². The van der Waals surface area contributed by atoms with Crippen molar-refractivity contribution in [1.82, 2.24) is 10.2 Å². The molecule has 2 N–H and O–H groups in total. The molecule has 2 fully saturated rings. The first-order chi connectivity index (χ1) is 11.2. The molecule has 1 saturated carbocycles. The average Bonchev–Trinajstić information content (AvgIpc) is 3.08. The number of rotatable bonds is 5. The lowest BCUT2D eigenvalue weighted by atomic mass is 9.87. The Morgan fingerprint density at radius 3 is 2.43 bits per heavy atom. The fraction of sp³-hybridized carbons (Fsp3) is 0.632. The van der Waals surface area contributed by atoms with Crippen LogP contribution in [0.3, 0.4) is 0 Å². The Balaban J connectivity index is 1.42. The highest BCUT2D eigenvalue weighted by Crippen LogP contribution is 2.30. The first-order valence-electron chi connectivity index (χ1n) is 8.97. The summed E-state index contributed by atoms with van der Waals surface area (Å²) in [6.07, 6.45) is 6.28. The zero-order valence-electron chi connectivity index (χ0n) is 13.8. The highest BCUT2D eigenvalue weighted by molar-refractivity contribution is 5.78. The Labute approximate surface area is 138 Å². The van der Waals surface area contributed by atoms with Crippen molar-refractivity contribution in [2.24, 2.45) is 5.92 Å². The van der Waals surface area contributed by atoms with Gasteiger partial charge in [-0.2, -0.15) is 0 Å². The molecule has 4 nitrogen and oxygen atoms in total. The first-order valence-corrected chi connectivity index (χ1v) is 8.97. The van der Waals surface area contributed by atoms with Crippen LogP contribution in [0.1, 0.15) is 50.2 Å². The van der Waals surface area contributed by atoms with Gasteiger partial charge in [-0.1, -0.05) is 43.2 Å². The fourth-order valence-corrected chi connectivity index (χ4v) is 3.90. The molecule has 1 unspecified atom stereocenters. The summed E-state index contributed by atoms with van der Waals surface area (Å²) < 4.78 is 0. The summed E-state index contributed by atoms with van der Waals surface area (Å²) in [6.45, 7) is 2.30. The molecule has 3 rings (SSSR count). The maximum absolute atomic E-state index is 12.1. The minimum atomic E-state index is -0.384. The van der Waals surface area contributed by atoms with Gasteiger partial charge >= 0.3 is 0 Å². The van der Waals surface area contributed by atoms with Crippen molar-refractivity contribution in [3.05, 3.63) is 35.9 Å². The highest BCUT2D eigenvalue weighted by atomic mass is 16.3. The lowest BCUT2D eigenvalue weighted by Gasteiger charge is -2.34. The summed E-state index contributed by atoms with van der Waals surface area (Å²) in [6, 6.07) is 10.3. The van der Waals surface area contributed by atoms with Crippen LogP contribution >= 0.6 is 0 Å². The van der Waals surface area contributed by atoms with Crippen molar-refractivity contribution < 1.29 is 9.90 Å².